The molecule has 6 nitrogen and oxygen atoms in total. The first-order valence-electron chi connectivity index (χ1n) is 11.5. The maximum Gasteiger partial charge on any atom is 0.300 e. The summed E-state index contributed by atoms with van der Waals surface area (Å²) in [6.07, 6.45) is -0.0457. The van der Waals surface area contributed by atoms with E-state index in [0.29, 0.717) is 28.3 Å². The number of anilines is 1. The van der Waals surface area contributed by atoms with E-state index in [0.717, 1.165) is 11.1 Å². The molecule has 1 fully saturated rings. The van der Waals surface area contributed by atoms with E-state index >= 15 is 0 Å². The minimum atomic E-state index is -0.824. The maximum atomic E-state index is 13.4. The summed E-state index contributed by atoms with van der Waals surface area (Å²) >= 11 is 0. The third-order valence-electron chi connectivity index (χ3n) is 6.02. The highest BCUT2D eigenvalue weighted by Gasteiger charge is 2.47. The van der Waals surface area contributed by atoms with Gasteiger partial charge in [0, 0.05) is 11.3 Å². The molecule has 0 aromatic heterocycles. The largest absolute Gasteiger partial charge is 0.507 e. The first kappa shape index (κ1) is 24.1. The van der Waals surface area contributed by atoms with E-state index in [1.165, 1.54) is 4.90 Å². The Morgan fingerprint density at radius 2 is 1.66 bits per heavy atom. The highest BCUT2D eigenvalue weighted by molar-refractivity contribution is 6.51. The quantitative estimate of drug-likeness (QED) is 0.282. The molecule has 1 aliphatic heterocycles. The fourth-order valence-electron chi connectivity index (χ4n) is 4.44. The van der Waals surface area contributed by atoms with Crippen LogP contribution in [0.1, 0.15) is 42.1 Å². The van der Waals surface area contributed by atoms with Gasteiger partial charge in [0.25, 0.3) is 11.7 Å². The van der Waals surface area contributed by atoms with Crippen LogP contribution in [0.5, 0.6) is 11.5 Å². The number of amides is 1. The summed E-state index contributed by atoms with van der Waals surface area (Å²) in [4.78, 5) is 28.2. The van der Waals surface area contributed by atoms with E-state index in [4.69, 9.17) is 9.47 Å². The predicted octanol–water partition coefficient (Wildman–Crippen LogP) is 5.73. The van der Waals surface area contributed by atoms with E-state index in [1.807, 2.05) is 64.1 Å². The Labute approximate surface area is 205 Å². The Bertz CT molecular complexity index is 1310. The zero-order chi connectivity index (χ0) is 25.3. The van der Waals surface area contributed by atoms with Crippen molar-refractivity contribution in [1.29, 1.82) is 0 Å². The van der Waals surface area contributed by atoms with Gasteiger partial charge in [-0.25, -0.2) is 0 Å². The minimum Gasteiger partial charge on any atom is -0.507 e. The van der Waals surface area contributed by atoms with Crippen LogP contribution in [0.2, 0.25) is 0 Å². The Balaban J connectivity index is 1.96. The van der Waals surface area contributed by atoms with Crippen LogP contribution in [-0.2, 0) is 9.59 Å². The molecule has 1 unspecified atom stereocenters. The lowest BCUT2D eigenvalue weighted by Crippen LogP contribution is -2.29. The SMILES string of the molecule is COc1cc(C)c(/C(O)=C2\C(=O)C(=O)N(c3ccccc3)C2c2cccc(OC(C)C)c2)cc1C. The second-order valence-electron chi connectivity index (χ2n) is 8.88. The average Bonchev–Trinajstić information content (AvgIpc) is 3.10. The van der Waals surface area contributed by atoms with Crippen molar-refractivity contribution < 1.29 is 24.2 Å². The van der Waals surface area contributed by atoms with Crippen molar-refractivity contribution in [3.05, 3.63) is 94.6 Å². The number of carbonyl (C=O) groups excluding carboxylic acids is 2. The number of aryl methyl sites for hydroxylation is 2. The van der Waals surface area contributed by atoms with Gasteiger partial charge in [-0.3, -0.25) is 14.5 Å². The number of aliphatic hydroxyl groups is 1. The maximum absolute atomic E-state index is 13.4. The molecular formula is C29H29NO5. The van der Waals surface area contributed by atoms with E-state index in [-0.39, 0.29) is 17.4 Å². The molecule has 35 heavy (non-hydrogen) atoms. The van der Waals surface area contributed by atoms with Gasteiger partial charge >= 0.3 is 0 Å². The van der Waals surface area contributed by atoms with Crippen molar-refractivity contribution in [3.63, 3.8) is 0 Å². The van der Waals surface area contributed by atoms with Crippen LogP contribution in [0.15, 0.2) is 72.3 Å². The Kier molecular flexibility index (Phi) is 6.65. The number of aliphatic hydroxyl groups excluding tert-OH is 1. The number of para-hydroxylation sites is 1. The highest BCUT2D eigenvalue weighted by atomic mass is 16.5. The first-order valence-corrected chi connectivity index (χ1v) is 11.5. The molecule has 0 saturated carbocycles. The lowest BCUT2D eigenvalue weighted by Gasteiger charge is -2.26. The van der Waals surface area contributed by atoms with Gasteiger partial charge in [-0.1, -0.05) is 30.3 Å². The molecule has 1 saturated heterocycles. The van der Waals surface area contributed by atoms with Crippen molar-refractivity contribution in [3.8, 4) is 11.5 Å². The molecule has 3 aromatic rings. The lowest BCUT2D eigenvalue weighted by molar-refractivity contribution is -0.132. The second-order valence-corrected chi connectivity index (χ2v) is 8.88. The number of nitrogens with zero attached hydrogens (tertiary/aromatic N) is 1. The number of benzene rings is 3. The number of ether oxygens (including phenoxy) is 2. The van der Waals surface area contributed by atoms with Crippen molar-refractivity contribution in [2.45, 2.75) is 39.8 Å². The summed E-state index contributed by atoms with van der Waals surface area (Å²) < 4.78 is 11.3. The molecule has 1 amide bonds. The van der Waals surface area contributed by atoms with Gasteiger partial charge in [-0.15, -0.1) is 0 Å². The number of rotatable bonds is 6. The Hall–Kier alpha value is -4.06. The number of methoxy groups -OCH3 is 1. The van der Waals surface area contributed by atoms with Gasteiger partial charge in [-0.2, -0.15) is 0 Å². The van der Waals surface area contributed by atoms with Crippen molar-refractivity contribution >= 4 is 23.1 Å². The molecule has 0 radical (unpaired) electrons. The molecule has 0 spiro atoms. The zero-order valence-electron chi connectivity index (χ0n) is 20.5. The van der Waals surface area contributed by atoms with E-state index in [1.54, 1.807) is 37.4 Å². The predicted molar refractivity (Wildman–Crippen MR) is 136 cm³/mol. The van der Waals surface area contributed by atoms with Gasteiger partial charge < -0.3 is 14.6 Å². The summed E-state index contributed by atoms with van der Waals surface area (Å²) in [5.74, 6) is -0.350. The molecule has 1 aliphatic rings. The normalized spacial score (nSPS) is 17.2. The molecule has 0 bridgehead atoms. The van der Waals surface area contributed by atoms with Gasteiger partial charge in [0.1, 0.15) is 17.3 Å². The number of hydrogen-bond acceptors (Lipinski definition) is 5. The zero-order valence-corrected chi connectivity index (χ0v) is 20.5. The molecular weight excluding hydrogens is 442 g/mol. The monoisotopic (exact) mass is 471 g/mol. The summed E-state index contributed by atoms with van der Waals surface area (Å²) in [6.45, 7) is 7.55. The molecule has 1 heterocycles. The molecule has 6 heteroatoms. The smallest absolute Gasteiger partial charge is 0.300 e. The number of Topliss-reactive ketones (excluding diaryl/α,β-unsaturated/α-hetero) is 1. The molecule has 3 aromatic carbocycles. The Morgan fingerprint density at radius 3 is 2.31 bits per heavy atom. The third-order valence-corrected chi connectivity index (χ3v) is 6.02. The fraction of sp³-hybridized carbons (Fsp3) is 0.241. The number of ketones is 1. The summed E-state index contributed by atoms with van der Waals surface area (Å²) in [6, 6.07) is 19.1. The second kappa shape index (κ2) is 9.66. The topological polar surface area (TPSA) is 76.1 Å². The molecule has 0 aliphatic carbocycles. The van der Waals surface area contributed by atoms with Crippen LogP contribution < -0.4 is 14.4 Å². The van der Waals surface area contributed by atoms with Crippen LogP contribution in [0.3, 0.4) is 0 Å². The minimum absolute atomic E-state index is 0.0354. The van der Waals surface area contributed by atoms with Gasteiger partial charge in [-0.05, 0) is 80.8 Å². The van der Waals surface area contributed by atoms with Crippen LogP contribution in [-0.4, -0.2) is 30.0 Å². The van der Waals surface area contributed by atoms with Crippen molar-refractivity contribution in [2.75, 3.05) is 12.0 Å². The molecule has 1 N–H and O–H groups in total. The molecule has 1 atom stereocenters. The standard InChI is InChI=1S/C29H29NO5/c1-17(2)35-22-13-9-10-20(16-22)26-25(27(31)23-14-19(4)24(34-5)15-18(23)3)28(32)29(33)30(26)21-11-7-6-8-12-21/h6-17,26,31H,1-5H3/b27-25+. The summed E-state index contributed by atoms with van der Waals surface area (Å²) in [5.41, 5.74) is 3.28. The highest BCUT2D eigenvalue weighted by Crippen LogP contribution is 2.43. The number of carbonyl (C=O) groups is 2. The summed E-state index contributed by atoms with van der Waals surface area (Å²) in [5, 5.41) is 11.5. The van der Waals surface area contributed by atoms with Crippen LogP contribution in [0.25, 0.3) is 5.76 Å². The summed E-state index contributed by atoms with van der Waals surface area (Å²) in [7, 11) is 1.58. The third kappa shape index (κ3) is 4.52. The average molecular weight is 472 g/mol. The van der Waals surface area contributed by atoms with Gasteiger partial charge in [0.05, 0.1) is 24.8 Å². The number of hydrogen-bond donors (Lipinski definition) is 1. The lowest BCUT2D eigenvalue weighted by atomic mass is 9.93. The first-order chi connectivity index (χ1) is 16.7. The van der Waals surface area contributed by atoms with Crippen molar-refractivity contribution in [1.82, 2.24) is 0 Å². The molecule has 4 rings (SSSR count). The molecule has 180 valence electrons. The van der Waals surface area contributed by atoms with Gasteiger partial charge in [0.15, 0.2) is 0 Å². The van der Waals surface area contributed by atoms with E-state index < -0.39 is 17.7 Å². The van der Waals surface area contributed by atoms with Crippen LogP contribution in [0, 0.1) is 13.8 Å². The van der Waals surface area contributed by atoms with Crippen molar-refractivity contribution in [2.24, 2.45) is 0 Å². The van der Waals surface area contributed by atoms with Crippen LogP contribution >= 0.6 is 0 Å². The fourth-order valence-corrected chi connectivity index (χ4v) is 4.44. The van der Waals surface area contributed by atoms with Gasteiger partial charge in [0.2, 0.25) is 0 Å². The van der Waals surface area contributed by atoms with E-state index in [2.05, 4.69) is 0 Å². The van der Waals surface area contributed by atoms with Crippen LogP contribution in [0.4, 0.5) is 5.69 Å². The Morgan fingerprint density at radius 1 is 0.943 bits per heavy atom. The van der Waals surface area contributed by atoms with E-state index in [9.17, 15) is 14.7 Å².